The van der Waals surface area contributed by atoms with Gasteiger partial charge in [0.1, 0.15) is 0 Å². The zero-order chi connectivity index (χ0) is 8.97. The number of nitrogens with one attached hydrogen (secondary N) is 1. The Hall–Kier alpha value is -0.0800. The van der Waals surface area contributed by atoms with E-state index in [1.54, 1.807) is 0 Å². The highest BCUT2D eigenvalue weighted by Gasteiger charge is 2.32. The third-order valence-corrected chi connectivity index (χ3v) is 2.96. The Kier molecular flexibility index (Phi) is 6.35. The molecule has 2 unspecified atom stereocenters. The predicted molar refractivity (Wildman–Crippen MR) is 60.1 cm³/mol. The molecule has 2 atom stereocenters. The van der Waals surface area contributed by atoms with Crippen molar-refractivity contribution in [3.8, 4) is 0 Å². The van der Waals surface area contributed by atoms with Gasteiger partial charge in [0, 0.05) is 12.6 Å². The van der Waals surface area contributed by atoms with Crippen molar-refractivity contribution in [3.05, 3.63) is 0 Å². The Morgan fingerprint density at radius 1 is 1.23 bits per heavy atom. The maximum Gasteiger partial charge on any atom is 0.0257 e. The molecule has 0 aliphatic carbocycles. The highest BCUT2D eigenvalue weighted by Crippen LogP contribution is 2.24. The summed E-state index contributed by atoms with van der Waals surface area (Å²) in [7, 11) is 2.25. The van der Waals surface area contributed by atoms with Crippen molar-refractivity contribution in [2.45, 2.75) is 40.2 Å². The first kappa shape index (κ1) is 12.9. The van der Waals surface area contributed by atoms with Crippen molar-refractivity contribution < 1.29 is 0 Å². The van der Waals surface area contributed by atoms with Crippen LogP contribution in [0.15, 0.2) is 0 Å². The van der Waals surface area contributed by atoms with E-state index in [4.69, 9.17) is 0 Å². The summed E-state index contributed by atoms with van der Waals surface area (Å²) in [5, 5.41) is 3.45. The van der Waals surface area contributed by atoms with Gasteiger partial charge in [-0.15, -0.1) is 0 Å². The van der Waals surface area contributed by atoms with Crippen LogP contribution < -0.4 is 5.32 Å². The molecule has 2 aliphatic rings. The second-order valence-corrected chi connectivity index (χ2v) is 3.61. The van der Waals surface area contributed by atoms with E-state index in [1.807, 2.05) is 13.8 Å². The maximum atomic E-state index is 3.45. The summed E-state index contributed by atoms with van der Waals surface area (Å²) in [6, 6.07) is 0.855. The van der Waals surface area contributed by atoms with Gasteiger partial charge >= 0.3 is 0 Å². The molecule has 0 amide bonds. The van der Waals surface area contributed by atoms with Crippen LogP contribution >= 0.6 is 0 Å². The number of fused-ring (bicyclic) bond motifs is 1. The summed E-state index contributed by atoms with van der Waals surface area (Å²) in [6.07, 6.45) is 2.85. The minimum absolute atomic E-state index is 0. The Morgan fingerprint density at radius 3 is 2.54 bits per heavy atom. The van der Waals surface area contributed by atoms with E-state index in [1.165, 1.54) is 32.5 Å². The fraction of sp³-hybridized carbons (Fsp3) is 1.00. The first-order chi connectivity index (χ1) is 5.88. The Labute approximate surface area is 83.7 Å². The molecule has 2 rings (SSSR count). The van der Waals surface area contributed by atoms with Crippen molar-refractivity contribution in [1.29, 1.82) is 0 Å². The van der Waals surface area contributed by atoms with Crippen LogP contribution in [0.3, 0.4) is 0 Å². The van der Waals surface area contributed by atoms with Gasteiger partial charge in [0.15, 0.2) is 0 Å². The number of likely N-dealkylation sites (tertiary alicyclic amines) is 1. The standard InChI is InChI=1S/C8H16N2.C2H6.CH4/c1-10-4-2-3-7-5-9-6-8(7)10;1-2;/h7-9H,2-6H2,1H3;1-2H3;1H4. The molecule has 1 N–H and O–H groups in total. The summed E-state index contributed by atoms with van der Waals surface area (Å²) in [5.41, 5.74) is 0. The summed E-state index contributed by atoms with van der Waals surface area (Å²) < 4.78 is 0. The third-order valence-electron chi connectivity index (χ3n) is 2.96. The summed E-state index contributed by atoms with van der Waals surface area (Å²) >= 11 is 0. The number of rotatable bonds is 0. The first-order valence-electron chi connectivity index (χ1n) is 5.29. The molecule has 2 saturated heterocycles. The van der Waals surface area contributed by atoms with Crippen molar-refractivity contribution in [2.75, 3.05) is 26.7 Å². The molecule has 13 heavy (non-hydrogen) atoms. The van der Waals surface area contributed by atoms with E-state index in [0.717, 1.165) is 12.0 Å². The third kappa shape index (κ3) is 2.96. The molecule has 2 heterocycles. The lowest BCUT2D eigenvalue weighted by molar-refractivity contribution is 0.158. The van der Waals surface area contributed by atoms with E-state index < -0.39 is 0 Å². The molecule has 80 valence electrons. The van der Waals surface area contributed by atoms with E-state index >= 15 is 0 Å². The average Bonchev–Trinajstić information content (AvgIpc) is 2.57. The SMILES string of the molecule is C.CC.CN1CCCC2CNCC21. The fourth-order valence-corrected chi connectivity index (χ4v) is 2.30. The van der Waals surface area contributed by atoms with E-state index in [9.17, 15) is 0 Å². The molecule has 2 aliphatic heterocycles. The quantitative estimate of drug-likeness (QED) is 0.622. The molecule has 2 fully saturated rings. The molecule has 0 spiro atoms. The molecular formula is C11H26N2. The molecule has 0 saturated carbocycles. The van der Waals surface area contributed by atoms with Gasteiger partial charge in [-0.2, -0.15) is 0 Å². The molecule has 0 aromatic heterocycles. The number of hydrogen-bond donors (Lipinski definition) is 1. The number of likely N-dealkylation sites (N-methyl/N-ethyl adjacent to an activating group) is 1. The van der Waals surface area contributed by atoms with Gasteiger partial charge in [-0.1, -0.05) is 21.3 Å². The molecular weight excluding hydrogens is 160 g/mol. The maximum absolute atomic E-state index is 3.45. The highest BCUT2D eigenvalue weighted by atomic mass is 15.2. The van der Waals surface area contributed by atoms with Crippen LogP contribution in [0.2, 0.25) is 0 Å². The zero-order valence-corrected chi connectivity index (χ0v) is 8.64. The van der Waals surface area contributed by atoms with Crippen LogP contribution in [0.5, 0.6) is 0 Å². The highest BCUT2D eigenvalue weighted by molar-refractivity contribution is 4.90. The smallest absolute Gasteiger partial charge is 0.0257 e. The number of hydrogen-bond acceptors (Lipinski definition) is 2. The van der Waals surface area contributed by atoms with Gasteiger partial charge in [0.05, 0.1) is 0 Å². The fourth-order valence-electron chi connectivity index (χ4n) is 2.30. The molecule has 0 bridgehead atoms. The molecule has 0 radical (unpaired) electrons. The first-order valence-corrected chi connectivity index (χ1v) is 5.29. The van der Waals surface area contributed by atoms with Gasteiger partial charge in [-0.25, -0.2) is 0 Å². The summed E-state index contributed by atoms with van der Waals surface area (Å²) in [4.78, 5) is 2.51. The second kappa shape index (κ2) is 6.39. The monoisotopic (exact) mass is 186 g/mol. The van der Waals surface area contributed by atoms with Crippen LogP contribution in [0.25, 0.3) is 0 Å². The van der Waals surface area contributed by atoms with Crippen LogP contribution in [0, 0.1) is 5.92 Å². The minimum Gasteiger partial charge on any atom is -0.315 e. The van der Waals surface area contributed by atoms with Gasteiger partial charge in [-0.3, -0.25) is 0 Å². The zero-order valence-electron chi connectivity index (χ0n) is 8.64. The lowest BCUT2D eigenvalue weighted by Crippen LogP contribution is -2.42. The Morgan fingerprint density at radius 2 is 1.92 bits per heavy atom. The lowest BCUT2D eigenvalue weighted by atomic mass is 9.93. The van der Waals surface area contributed by atoms with Crippen LogP contribution in [0.1, 0.15) is 34.1 Å². The Balaban J connectivity index is 0.000000451. The molecule has 0 aromatic rings. The van der Waals surface area contributed by atoms with Gasteiger partial charge in [0.25, 0.3) is 0 Å². The summed E-state index contributed by atoms with van der Waals surface area (Å²) in [6.45, 7) is 7.79. The van der Waals surface area contributed by atoms with Crippen molar-refractivity contribution in [3.63, 3.8) is 0 Å². The van der Waals surface area contributed by atoms with E-state index in [-0.39, 0.29) is 7.43 Å². The number of nitrogens with zero attached hydrogens (tertiary/aromatic N) is 1. The van der Waals surface area contributed by atoms with Crippen LogP contribution in [-0.4, -0.2) is 37.6 Å². The van der Waals surface area contributed by atoms with Gasteiger partial charge in [-0.05, 0) is 38.9 Å². The topological polar surface area (TPSA) is 15.3 Å². The van der Waals surface area contributed by atoms with Gasteiger partial charge < -0.3 is 10.2 Å². The molecule has 2 heteroatoms. The Bertz CT molecular complexity index is 125. The average molecular weight is 186 g/mol. The van der Waals surface area contributed by atoms with Crippen LogP contribution in [-0.2, 0) is 0 Å². The largest absolute Gasteiger partial charge is 0.315 e. The second-order valence-electron chi connectivity index (χ2n) is 3.61. The van der Waals surface area contributed by atoms with Crippen LogP contribution in [0.4, 0.5) is 0 Å². The van der Waals surface area contributed by atoms with Crippen molar-refractivity contribution >= 4 is 0 Å². The van der Waals surface area contributed by atoms with Gasteiger partial charge in [0.2, 0.25) is 0 Å². The minimum atomic E-state index is 0. The summed E-state index contributed by atoms with van der Waals surface area (Å²) in [5.74, 6) is 0.957. The molecule has 2 nitrogen and oxygen atoms in total. The molecule has 0 aromatic carbocycles. The van der Waals surface area contributed by atoms with Crippen molar-refractivity contribution in [2.24, 2.45) is 5.92 Å². The van der Waals surface area contributed by atoms with Crippen molar-refractivity contribution in [1.82, 2.24) is 10.2 Å². The predicted octanol–water partition coefficient (Wildman–Crippen LogP) is 1.96. The van der Waals surface area contributed by atoms with E-state index in [0.29, 0.717) is 0 Å². The normalized spacial score (nSPS) is 32.5. The number of piperidine rings is 1. The lowest BCUT2D eigenvalue weighted by Gasteiger charge is -2.33. The van der Waals surface area contributed by atoms with E-state index in [2.05, 4.69) is 17.3 Å².